The summed E-state index contributed by atoms with van der Waals surface area (Å²) in [6.45, 7) is 3.79. The summed E-state index contributed by atoms with van der Waals surface area (Å²) in [6.07, 6.45) is 6.76. The molecule has 0 bridgehead atoms. The standard InChI is InChI=1S/C12H18N2O2/c1-3-4-5-7-12(2,11(15)16)10-13-8-6-9-14-10/h6,8-9H,3-5,7H2,1-2H3,(H,15,16). The smallest absolute Gasteiger partial charge is 0.317 e. The lowest BCUT2D eigenvalue weighted by Crippen LogP contribution is -2.34. The molecular formula is C12H18N2O2. The van der Waals surface area contributed by atoms with Gasteiger partial charge in [-0.15, -0.1) is 0 Å². The number of nitrogens with zero attached hydrogens (tertiary/aromatic N) is 2. The van der Waals surface area contributed by atoms with Gasteiger partial charge in [0.25, 0.3) is 0 Å². The van der Waals surface area contributed by atoms with Crippen LogP contribution < -0.4 is 0 Å². The first kappa shape index (κ1) is 12.6. The minimum Gasteiger partial charge on any atom is -0.480 e. The third-order valence-corrected chi connectivity index (χ3v) is 2.81. The summed E-state index contributed by atoms with van der Waals surface area (Å²) in [4.78, 5) is 19.5. The molecule has 0 aliphatic carbocycles. The number of aromatic nitrogens is 2. The lowest BCUT2D eigenvalue weighted by Gasteiger charge is -2.22. The molecular weight excluding hydrogens is 204 g/mol. The number of carbonyl (C=O) groups is 1. The molecule has 0 aliphatic heterocycles. The number of rotatable bonds is 6. The molecule has 1 rings (SSSR count). The second-order valence-electron chi connectivity index (χ2n) is 4.17. The highest BCUT2D eigenvalue weighted by Gasteiger charge is 2.37. The van der Waals surface area contributed by atoms with Crippen molar-refractivity contribution in [2.24, 2.45) is 0 Å². The van der Waals surface area contributed by atoms with Crippen LogP contribution in [0.2, 0.25) is 0 Å². The van der Waals surface area contributed by atoms with Gasteiger partial charge in [0.05, 0.1) is 0 Å². The molecule has 1 N–H and O–H groups in total. The molecule has 0 saturated carbocycles. The largest absolute Gasteiger partial charge is 0.480 e. The van der Waals surface area contributed by atoms with Crippen molar-refractivity contribution < 1.29 is 9.90 Å². The van der Waals surface area contributed by atoms with E-state index in [1.54, 1.807) is 25.4 Å². The van der Waals surface area contributed by atoms with Crippen LogP contribution in [-0.4, -0.2) is 21.0 Å². The Morgan fingerprint density at radius 1 is 1.38 bits per heavy atom. The Kier molecular flexibility index (Phi) is 4.40. The van der Waals surface area contributed by atoms with Crippen molar-refractivity contribution in [2.45, 2.75) is 44.9 Å². The van der Waals surface area contributed by atoms with Crippen molar-refractivity contribution in [3.05, 3.63) is 24.3 Å². The summed E-state index contributed by atoms with van der Waals surface area (Å²) >= 11 is 0. The zero-order valence-electron chi connectivity index (χ0n) is 9.81. The summed E-state index contributed by atoms with van der Waals surface area (Å²) in [6, 6.07) is 1.69. The zero-order chi connectivity index (χ0) is 12.0. The lowest BCUT2D eigenvalue weighted by atomic mass is 9.83. The van der Waals surface area contributed by atoms with Crippen molar-refractivity contribution in [2.75, 3.05) is 0 Å². The van der Waals surface area contributed by atoms with Crippen LogP contribution in [0.5, 0.6) is 0 Å². The molecule has 0 amide bonds. The van der Waals surface area contributed by atoms with Crippen LogP contribution >= 0.6 is 0 Å². The number of carboxylic acid groups (broad SMARTS) is 1. The number of unbranched alkanes of at least 4 members (excludes halogenated alkanes) is 2. The van der Waals surface area contributed by atoms with Crippen molar-refractivity contribution in [3.8, 4) is 0 Å². The average molecular weight is 222 g/mol. The highest BCUT2D eigenvalue weighted by Crippen LogP contribution is 2.27. The minimum atomic E-state index is -0.962. The van der Waals surface area contributed by atoms with Crippen LogP contribution in [0.4, 0.5) is 0 Å². The SMILES string of the molecule is CCCCCC(C)(C(=O)O)c1ncccn1. The van der Waals surface area contributed by atoms with Crippen LogP contribution in [0.1, 0.15) is 45.4 Å². The molecule has 0 aliphatic rings. The summed E-state index contributed by atoms with van der Waals surface area (Å²) in [5.41, 5.74) is -0.962. The van der Waals surface area contributed by atoms with E-state index in [0.717, 1.165) is 19.3 Å². The molecule has 4 heteroatoms. The van der Waals surface area contributed by atoms with Crippen LogP contribution in [0.3, 0.4) is 0 Å². The molecule has 0 aromatic carbocycles. The fourth-order valence-electron chi connectivity index (χ4n) is 1.63. The van der Waals surface area contributed by atoms with Crippen molar-refractivity contribution in [3.63, 3.8) is 0 Å². The maximum Gasteiger partial charge on any atom is 0.317 e. The Labute approximate surface area is 95.7 Å². The minimum absolute atomic E-state index is 0.401. The van der Waals surface area contributed by atoms with E-state index in [1.807, 2.05) is 0 Å². The van der Waals surface area contributed by atoms with Crippen molar-refractivity contribution in [1.82, 2.24) is 9.97 Å². The molecule has 1 atom stereocenters. The van der Waals surface area contributed by atoms with E-state index in [0.29, 0.717) is 12.2 Å². The Morgan fingerprint density at radius 2 is 2.00 bits per heavy atom. The highest BCUT2D eigenvalue weighted by molar-refractivity contribution is 5.79. The Morgan fingerprint density at radius 3 is 2.50 bits per heavy atom. The number of aliphatic carboxylic acids is 1. The topological polar surface area (TPSA) is 63.1 Å². The zero-order valence-corrected chi connectivity index (χ0v) is 9.81. The predicted molar refractivity (Wildman–Crippen MR) is 61.2 cm³/mol. The van der Waals surface area contributed by atoms with Gasteiger partial charge >= 0.3 is 5.97 Å². The monoisotopic (exact) mass is 222 g/mol. The van der Waals surface area contributed by atoms with E-state index < -0.39 is 11.4 Å². The van der Waals surface area contributed by atoms with Crippen molar-refractivity contribution >= 4 is 5.97 Å². The van der Waals surface area contributed by atoms with Gasteiger partial charge in [-0.2, -0.15) is 0 Å². The first-order valence-electron chi connectivity index (χ1n) is 5.62. The first-order valence-corrected chi connectivity index (χ1v) is 5.62. The summed E-state index contributed by atoms with van der Waals surface area (Å²) in [7, 11) is 0. The second-order valence-corrected chi connectivity index (χ2v) is 4.17. The van der Waals surface area contributed by atoms with Crippen molar-refractivity contribution in [1.29, 1.82) is 0 Å². The third-order valence-electron chi connectivity index (χ3n) is 2.81. The first-order chi connectivity index (χ1) is 7.61. The molecule has 0 saturated heterocycles. The van der Waals surface area contributed by atoms with Gasteiger partial charge in [0, 0.05) is 12.4 Å². The Bertz CT molecular complexity index is 340. The van der Waals surface area contributed by atoms with Gasteiger partial charge in [0.2, 0.25) is 0 Å². The molecule has 1 heterocycles. The van der Waals surface area contributed by atoms with Gasteiger partial charge in [-0.05, 0) is 19.4 Å². The number of hydrogen-bond donors (Lipinski definition) is 1. The average Bonchev–Trinajstić information content (AvgIpc) is 2.30. The van der Waals surface area contributed by atoms with E-state index in [1.165, 1.54) is 0 Å². The predicted octanol–water partition coefficient (Wildman–Crippen LogP) is 2.40. The van der Waals surface area contributed by atoms with Crippen LogP contribution in [0.15, 0.2) is 18.5 Å². The second kappa shape index (κ2) is 5.58. The van der Waals surface area contributed by atoms with Gasteiger partial charge < -0.3 is 5.11 Å². The molecule has 0 fully saturated rings. The van der Waals surface area contributed by atoms with E-state index in [2.05, 4.69) is 16.9 Å². The Balaban J connectivity index is 2.85. The molecule has 16 heavy (non-hydrogen) atoms. The molecule has 0 radical (unpaired) electrons. The van der Waals surface area contributed by atoms with E-state index in [-0.39, 0.29) is 0 Å². The molecule has 1 unspecified atom stereocenters. The fraction of sp³-hybridized carbons (Fsp3) is 0.583. The Hall–Kier alpha value is -1.45. The quantitative estimate of drug-likeness (QED) is 0.751. The molecule has 1 aromatic heterocycles. The third kappa shape index (κ3) is 2.78. The summed E-state index contributed by atoms with van der Waals surface area (Å²) < 4.78 is 0. The fourth-order valence-corrected chi connectivity index (χ4v) is 1.63. The highest BCUT2D eigenvalue weighted by atomic mass is 16.4. The van der Waals surface area contributed by atoms with Crippen LogP contribution in [-0.2, 0) is 10.2 Å². The molecule has 0 spiro atoms. The maximum atomic E-state index is 11.3. The van der Waals surface area contributed by atoms with Crippen LogP contribution in [0.25, 0.3) is 0 Å². The summed E-state index contributed by atoms with van der Waals surface area (Å²) in [5, 5.41) is 9.31. The van der Waals surface area contributed by atoms with Crippen LogP contribution in [0, 0.1) is 0 Å². The van der Waals surface area contributed by atoms with Gasteiger partial charge in [-0.25, -0.2) is 9.97 Å². The summed E-state index contributed by atoms with van der Waals surface area (Å²) in [5.74, 6) is -0.451. The molecule has 1 aromatic rings. The number of carboxylic acids is 1. The lowest BCUT2D eigenvalue weighted by molar-refractivity contribution is -0.143. The van der Waals surface area contributed by atoms with Gasteiger partial charge in [-0.3, -0.25) is 4.79 Å². The van der Waals surface area contributed by atoms with Gasteiger partial charge in [0.15, 0.2) is 0 Å². The molecule has 4 nitrogen and oxygen atoms in total. The van der Waals surface area contributed by atoms with Gasteiger partial charge in [0.1, 0.15) is 11.2 Å². The molecule has 88 valence electrons. The maximum absolute atomic E-state index is 11.3. The van der Waals surface area contributed by atoms with Gasteiger partial charge in [-0.1, -0.05) is 26.2 Å². The number of hydrogen-bond acceptors (Lipinski definition) is 3. The van der Waals surface area contributed by atoms with E-state index in [9.17, 15) is 9.90 Å². The normalized spacial score (nSPS) is 14.4. The van der Waals surface area contributed by atoms with E-state index >= 15 is 0 Å². The van der Waals surface area contributed by atoms with E-state index in [4.69, 9.17) is 0 Å².